The number of nitrogens with zero attached hydrogens (tertiary/aromatic N) is 7. The van der Waals surface area contributed by atoms with Gasteiger partial charge < -0.3 is 19.3 Å². The lowest BCUT2D eigenvalue weighted by molar-refractivity contribution is -0.00838. The Morgan fingerprint density at radius 3 is 2.54 bits per heavy atom. The lowest BCUT2D eigenvalue weighted by Gasteiger charge is -2.40. The fraction of sp³-hybridized carbons (Fsp3) is 0.632. The predicted octanol–water partition coefficient (Wildman–Crippen LogP) is 0.494. The van der Waals surface area contributed by atoms with Gasteiger partial charge in [0.15, 0.2) is 18.0 Å². The molecule has 0 bridgehead atoms. The number of aliphatic imine (C=N–C) groups is 3. The highest BCUT2D eigenvalue weighted by Gasteiger charge is 2.49. The van der Waals surface area contributed by atoms with Crippen LogP contribution in [0.4, 0.5) is 0 Å². The second-order valence-electron chi connectivity index (χ2n) is 7.90. The standard InChI is InChI=1S/C19H25N7O2/c1-12-20-10-13(11-21-12)15-23-16(25-4-7-27-8-5-25)14-17(24-15)26-6-9-28-19(2,3)18(26)22-14/h10-11,14,17H,4-9H2,1-3H3. The van der Waals surface area contributed by atoms with Gasteiger partial charge in [-0.1, -0.05) is 0 Å². The second kappa shape index (κ2) is 6.59. The van der Waals surface area contributed by atoms with E-state index in [2.05, 4.69) is 33.6 Å². The van der Waals surface area contributed by atoms with E-state index in [-0.39, 0.29) is 12.2 Å². The molecule has 5 heterocycles. The van der Waals surface area contributed by atoms with Crippen LogP contribution in [0.5, 0.6) is 0 Å². The summed E-state index contributed by atoms with van der Waals surface area (Å²) < 4.78 is 11.5. The van der Waals surface area contributed by atoms with Crippen molar-refractivity contribution in [2.24, 2.45) is 15.0 Å². The normalized spacial score (nSPS) is 28.9. The molecule has 1 aromatic rings. The Bertz CT molecular complexity index is 856. The summed E-state index contributed by atoms with van der Waals surface area (Å²) in [5.74, 6) is 3.32. The summed E-state index contributed by atoms with van der Waals surface area (Å²) in [7, 11) is 0. The molecule has 28 heavy (non-hydrogen) atoms. The zero-order valence-corrected chi connectivity index (χ0v) is 16.5. The van der Waals surface area contributed by atoms with Crippen molar-refractivity contribution in [3.63, 3.8) is 0 Å². The fourth-order valence-corrected chi connectivity index (χ4v) is 4.13. The molecular formula is C19H25N7O2. The van der Waals surface area contributed by atoms with Crippen molar-refractivity contribution >= 4 is 17.5 Å². The Balaban J connectivity index is 1.57. The Labute approximate surface area is 164 Å². The van der Waals surface area contributed by atoms with Gasteiger partial charge >= 0.3 is 0 Å². The molecule has 0 radical (unpaired) electrons. The van der Waals surface area contributed by atoms with E-state index in [1.165, 1.54) is 0 Å². The molecule has 4 aliphatic rings. The fourth-order valence-electron chi connectivity index (χ4n) is 4.13. The van der Waals surface area contributed by atoms with Gasteiger partial charge in [0.25, 0.3) is 0 Å². The van der Waals surface area contributed by atoms with Crippen molar-refractivity contribution in [1.29, 1.82) is 0 Å². The van der Waals surface area contributed by atoms with Crippen LogP contribution < -0.4 is 0 Å². The van der Waals surface area contributed by atoms with Crippen molar-refractivity contribution < 1.29 is 9.47 Å². The molecule has 148 valence electrons. The molecular weight excluding hydrogens is 358 g/mol. The third-order valence-electron chi connectivity index (χ3n) is 5.58. The molecule has 5 rings (SSSR count). The van der Waals surface area contributed by atoms with Crippen LogP contribution in [0.2, 0.25) is 0 Å². The quantitative estimate of drug-likeness (QED) is 0.702. The SMILES string of the molecule is Cc1ncc(C2=NC3C(N=C4N3CCOC4(C)C)C(N3CCOCC3)=N2)cn1. The van der Waals surface area contributed by atoms with Crippen LogP contribution in [-0.4, -0.2) is 94.5 Å². The number of aromatic nitrogens is 2. The molecule has 9 heteroatoms. The average molecular weight is 383 g/mol. The topological polar surface area (TPSA) is 87.8 Å². The number of rotatable bonds is 1. The number of ether oxygens (including phenoxy) is 2. The Kier molecular flexibility index (Phi) is 4.17. The lowest BCUT2D eigenvalue weighted by Crippen LogP contribution is -2.56. The molecule has 2 fully saturated rings. The molecule has 1 aromatic heterocycles. The molecule has 2 saturated heterocycles. The first-order chi connectivity index (χ1) is 13.5. The van der Waals surface area contributed by atoms with E-state index in [1.807, 2.05) is 6.92 Å². The molecule has 2 unspecified atom stereocenters. The van der Waals surface area contributed by atoms with Crippen LogP contribution in [0.1, 0.15) is 25.2 Å². The summed E-state index contributed by atoms with van der Waals surface area (Å²) in [6, 6.07) is -0.121. The van der Waals surface area contributed by atoms with Crippen LogP contribution in [0, 0.1) is 6.92 Å². The zero-order valence-electron chi connectivity index (χ0n) is 16.5. The van der Waals surface area contributed by atoms with Crippen LogP contribution in [0.3, 0.4) is 0 Å². The molecule has 0 N–H and O–H groups in total. The first kappa shape index (κ1) is 17.7. The third kappa shape index (κ3) is 2.89. The molecule has 0 aromatic carbocycles. The van der Waals surface area contributed by atoms with E-state index in [4.69, 9.17) is 24.5 Å². The molecule has 0 spiro atoms. The van der Waals surface area contributed by atoms with Gasteiger partial charge in [-0.15, -0.1) is 0 Å². The van der Waals surface area contributed by atoms with Gasteiger partial charge in [0.05, 0.1) is 25.4 Å². The van der Waals surface area contributed by atoms with Crippen LogP contribution in [0.15, 0.2) is 27.4 Å². The largest absolute Gasteiger partial charge is 0.378 e. The van der Waals surface area contributed by atoms with Crippen molar-refractivity contribution in [3.05, 3.63) is 23.8 Å². The lowest BCUT2D eigenvalue weighted by atomic mass is 10.1. The van der Waals surface area contributed by atoms with Crippen molar-refractivity contribution in [1.82, 2.24) is 19.8 Å². The summed E-state index contributed by atoms with van der Waals surface area (Å²) in [4.78, 5) is 28.2. The summed E-state index contributed by atoms with van der Waals surface area (Å²) in [6.07, 6.45) is 3.48. The minimum atomic E-state index is -0.422. The number of hydrogen-bond donors (Lipinski definition) is 0. The summed E-state index contributed by atoms with van der Waals surface area (Å²) in [6.45, 7) is 10.5. The molecule has 9 nitrogen and oxygen atoms in total. The minimum Gasteiger partial charge on any atom is -0.378 e. The Morgan fingerprint density at radius 1 is 1.04 bits per heavy atom. The zero-order chi connectivity index (χ0) is 19.3. The van der Waals surface area contributed by atoms with Crippen LogP contribution >= 0.6 is 0 Å². The molecule has 0 amide bonds. The first-order valence-electron chi connectivity index (χ1n) is 9.80. The van der Waals surface area contributed by atoms with E-state index in [0.717, 1.165) is 42.7 Å². The maximum absolute atomic E-state index is 5.98. The highest BCUT2D eigenvalue weighted by molar-refractivity contribution is 6.11. The van der Waals surface area contributed by atoms with Gasteiger partial charge in [0.1, 0.15) is 23.1 Å². The van der Waals surface area contributed by atoms with Crippen molar-refractivity contribution in [3.8, 4) is 0 Å². The average Bonchev–Trinajstić information content (AvgIpc) is 3.09. The molecule has 0 saturated carbocycles. The second-order valence-corrected chi connectivity index (χ2v) is 7.90. The van der Waals surface area contributed by atoms with Crippen LogP contribution in [0.25, 0.3) is 0 Å². The number of hydrogen-bond acceptors (Lipinski definition) is 9. The van der Waals surface area contributed by atoms with Gasteiger partial charge in [0.2, 0.25) is 0 Å². The summed E-state index contributed by atoms with van der Waals surface area (Å²) >= 11 is 0. The Hall–Kier alpha value is -2.39. The summed E-state index contributed by atoms with van der Waals surface area (Å²) in [5.41, 5.74) is 0.407. The van der Waals surface area contributed by atoms with Crippen molar-refractivity contribution in [2.75, 3.05) is 39.5 Å². The number of aryl methyl sites for hydroxylation is 1. The molecule has 4 aliphatic heterocycles. The van der Waals surface area contributed by atoms with Gasteiger partial charge in [-0.2, -0.15) is 0 Å². The highest BCUT2D eigenvalue weighted by Crippen LogP contribution is 2.33. The van der Waals surface area contributed by atoms with Gasteiger partial charge in [-0.3, -0.25) is 4.99 Å². The third-order valence-corrected chi connectivity index (χ3v) is 5.58. The maximum Gasteiger partial charge on any atom is 0.162 e. The molecule has 2 atom stereocenters. The van der Waals surface area contributed by atoms with Gasteiger partial charge in [-0.25, -0.2) is 20.0 Å². The van der Waals surface area contributed by atoms with Gasteiger partial charge in [0, 0.05) is 32.0 Å². The monoisotopic (exact) mass is 383 g/mol. The van der Waals surface area contributed by atoms with E-state index >= 15 is 0 Å². The first-order valence-corrected chi connectivity index (χ1v) is 9.80. The number of fused-ring (bicyclic) bond motifs is 3. The number of amidine groups is 3. The smallest absolute Gasteiger partial charge is 0.162 e. The Morgan fingerprint density at radius 2 is 1.79 bits per heavy atom. The molecule has 0 aliphatic carbocycles. The maximum atomic E-state index is 5.98. The predicted molar refractivity (Wildman–Crippen MR) is 105 cm³/mol. The summed E-state index contributed by atoms with van der Waals surface area (Å²) in [5, 5.41) is 0. The number of morpholine rings is 2. The van der Waals surface area contributed by atoms with Gasteiger partial charge in [-0.05, 0) is 20.8 Å². The van der Waals surface area contributed by atoms with E-state index in [9.17, 15) is 0 Å². The van der Waals surface area contributed by atoms with E-state index in [1.54, 1.807) is 12.4 Å². The highest BCUT2D eigenvalue weighted by atomic mass is 16.5. The van der Waals surface area contributed by atoms with Crippen molar-refractivity contribution in [2.45, 2.75) is 38.6 Å². The minimum absolute atomic E-state index is 0.107. The van der Waals surface area contributed by atoms with E-state index in [0.29, 0.717) is 25.7 Å². The van der Waals surface area contributed by atoms with Crippen LogP contribution in [-0.2, 0) is 9.47 Å². The van der Waals surface area contributed by atoms with E-state index < -0.39 is 5.60 Å².